The quantitative estimate of drug-likeness (QED) is 0.771. The lowest BCUT2D eigenvalue weighted by Gasteiger charge is -2.08. The van der Waals surface area contributed by atoms with Crippen molar-refractivity contribution in [3.8, 4) is 11.3 Å². The summed E-state index contributed by atoms with van der Waals surface area (Å²) in [5.74, 6) is -0.143. The van der Waals surface area contributed by atoms with E-state index in [2.05, 4.69) is 4.98 Å². The van der Waals surface area contributed by atoms with Gasteiger partial charge in [-0.05, 0) is 43.3 Å². The van der Waals surface area contributed by atoms with Crippen molar-refractivity contribution in [1.82, 2.24) is 4.98 Å². The number of aromatic nitrogens is 1. The summed E-state index contributed by atoms with van der Waals surface area (Å²) < 4.78 is 38.6. The Labute approximate surface area is 117 Å². The van der Waals surface area contributed by atoms with Gasteiger partial charge in [0.2, 0.25) is 0 Å². The third-order valence-electron chi connectivity index (χ3n) is 2.72. The predicted molar refractivity (Wildman–Crippen MR) is 77.7 cm³/mol. The number of pyridine rings is 1. The zero-order valence-electron chi connectivity index (χ0n) is 16.0. The van der Waals surface area contributed by atoms with Gasteiger partial charge < -0.3 is 0 Å². The van der Waals surface area contributed by atoms with Gasteiger partial charge in [0.25, 0.3) is 0 Å². The van der Waals surface area contributed by atoms with Gasteiger partial charge >= 0.3 is 0 Å². The normalized spacial score (nSPS) is 16.6. The third kappa shape index (κ3) is 2.98. The Morgan fingerprint density at radius 1 is 1.28 bits per heavy atom. The monoisotopic (exact) mass is 244 g/mol. The molecule has 0 aliphatic heterocycles. The molecule has 0 unspecified atom stereocenters. The molecule has 0 spiro atoms. The number of hydrogen-bond acceptors (Lipinski definition) is 1. The molecule has 0 saturated heterocycles. The zero-order valence-corrected chi connectivity index (χ0v) is 11.0. The molecule has 2 aromatic rings. The molecule has 0 N–H and O–H groups in total. The van der Waals surface area contributed by atoms with Crippen LogP contribution in [-0.4, -0.2) is 4.98 Å². The van der Waals surface area contributed by atoms with Crippen molar-refractivity contribution < 1.29 is 6.85 Å². The van der Waals surface area contributed by atoms with Crippen LogP contribution in [0, 0.1) is 19.7 Å². The lowest BCUT2D eigenvalue weighted by atomic mass is 10.0. The van der Waals surface area contributed by atoms with Gasteiger partial charge in [0.05, 0.1) is 5.69 Å². The minimum Gasteiger partial charge on any atom is -0.256 e. The van der Waals surface area contributed by atoms with E-state index in [0.717, 1.165) is 11.1 Å². The SMILES string of the molecule is [2H]C([2H])([2H])c1ccc(-c2ccc(C([2H])([2H])C(C)C)cn2)c(C)c1. The second-order valence-electron chi connectivity index (χ2n) is 4.76. The van der Waals surface area contributed by atoms with Crippen LogP contribution in [0.2, 0.25) is 0 Å². The summed E-state index contributed by atoms with van der Waals surface area (Å²) in [5, 5.41) is 0. The van der Waals surface area contributed by atoms with Crippen LogP contribution in [0.15, 0.2) is 36.5 Å². The molecular formula is C17H21N. The molecular weight excluding hydrogens is 218 g/mol. The van der Waals surface area contributed by atoms with E-state index in [9.17, 15) is 0 Å². The Morgan fingerprint density at radius 3 is 2.67 bits per heavy atom. The lowest BCUT2D eigenvalue weighted by molar-refractivity contribution is 0.646. The maximum atomic E-state index is 8.10. The fraction of sp³-hybridized carbons (Fsp3) is 0.353. The highest BCUT2D eigenvalue weighted by molar-refractivity contribution is 5.63. The Hall–Kier alpha value is -1.63. The van der Waals surface area contributed by atoms with E-state index in [1.54, 1.807) is 36.5 Å². The number of rotatable bonds is 3. The van der Waals surface area contributed by atoms with Gasteiger partial charge in [-0.2, -0.15) is 0 Å². The zero-order chi connectivity index (χ0) is 17.4. The first kappa shape index (κ1) is 7.73. The van der Waals surface area contributed by atoms with E-state index in [1.165, 1.54) is 0 Å². The minimum atomic E-state index is -2.12. The Kier molecular flexibility index (Phi) is 2.29. The van der Waals surface area contributed by atoms with Gasteiger partial charge in [-0.15, -0.1) is 0 Å². The summed E-state index contributed by atoms with van der Waals surface area (Å²) in [6, 6.07) is 8.55. The van der Waals surface area contributed by atoms with Gasteiger partial charge in [0.1, 0.15) is 0 Å². The van der Waals surface area contributed by atoms with Gasteiger partial charge in [-0.25, -0.2) is 0 Å². The van der Waals surface area contributed by atoms with Gasteiger partial charge in [-0.1, -0.05) is 43.7 Å². The average molecular weight is 244 g/mol. The van der Waals surface area contributed by atoms with Crippen molar-refractivity contribution in [2.45, 2.75) is 34.0 Å². The van der Waals surface area contributed by atoms with Crippen molar-refractivity contribution in [1.29, 1.82) is 0 Å². The van der Waals surface area contributed by atoms with Crippen molar-refractivity contribution in [3.05, 3.63) is 53.2 Å². The van der Waals surface area contributed by atoms with E-state index < -0.39 is 13.2 Å². The minimum absolute atomic E-state index is 0.143. The maximum Gasteiger partial charge on any atom is 0.0704 e. The standard InChI is InChI=1S/C17H21N/c1-12(2)9-15-6-8-17(18-11-15)16-7-5-13(3)10-14(16)4/h5-8,10-12H,9H2,1-4H3/i3D3,9D2. The lowest BCUT2D eigenvalue weighted by Crippen LogP contribution is -1.95. The largest absolute Gasteiger partial charge is 0.256 e. The van der Waals surface area contributed by atoms with E-state index >= 15 is 0 Å². The molecule has 0 aliphatic carbocycles. The van der Waals surface area contributed by atoms with Crippen molar-refractivity contribution in [3.63, 3.8) is 0 Å². The molecule has 0 fully saturated rings. The second-order valence-corrected chi connectivity index (χ2v) is 4.76. The van der Waals surface area contributed by atoms with Crippen LogP contribution in [-0.2, 0) is 6.37 Å². The first-order chi connectivity index (χ1) is 10.5. The van der Waals surface area contributed by atoms with Crippen molar-refractivity contribution in [2.24, 2.45) is 5.92 Å². The van der Waals surface area contributed by atoms with E-state index in [4.69, 9.17) is 6.85 Å². The summed E-state index contributed by atoms with van der Waals surface area (Å²) in [6.07, 6.45) is 0.137. The van der Waals surface area contributed by atoms with Gasteiger partial charge in [-0.3, -0.25) is 4.98 Å². The van der Waals surface area contributed by atoms with Crippen LogP contribution >= 0.6 is 0 Å². The predicted octanol–water partition coefficient (Wildman–Crippen LogP) is 4.56. The molecule has 0 radical (unpaired) electrons. The number of benzene rings is 1. The molecule has 1 aromatic carbocycles. The van der Waals surface area contributed by atoms with Gasteiger partial charge in [0.15, 0.2) is 0 Å². The molecule has 0 bridgehead atoms. The molecule has 1 heterocycles. The maximum absolute atomic E-state index is 8.10. The van der Waals surface area contributed by atoms with Crippen LogP contribution < -0.4 is 0 Å². The van der Waals surface area contributed by atoms with Crippen LogP contribution in [0.3, 0.4) is 0 Å². The van der Waals surface area contributed by atoms with Crippen LogP contribution in [0.25, 0.3) is 11.3 Å². The summed E-state index contributed by atoms with van der Waals surface area (Å²) in [7, 11) is 0. The smallest absolute Gasteiger partial charge is 0.0704 e. The summed E-state index contributed by atoms with van der Waals surface area (Å²) >= 11 is 0. The Balaban J connectivity index is 2.37. The molecule has 18 heavy (non-hydrogen) atoms. The molecule has 2 rings (SSSR count). The molecule has 0 amide bonds. The number of nitrogens with zero attached hydrogens (tertiary/aromatic N) is 1. The molecule has 0 atom stereocenters. The molecule has 1 aromatic heterocycles. The van der Waals surface area contributed by atoms with Crippen molar-refractivity contribution in [2.75, 3.05) is 0 Å². The molecule has 94 valence electrons. The third-order valence-corrected chi connectivity index (χ3v) is 2.72. The summed E-state index contributed by atoms with van der Waals surface area (Å²) in [4.78, 5) is 4.37. The fourth-order valence-corrected chi connectivity index (χ4v) is 1.92. The second kappa shape index (κ2) is 5.34. The van der Waals surface area contributed by atoms with Crippen molar-refractivity contribution >= 4 is 0 Å². The Bertz CT molecular complexity index is 687. The summed E-state index contributed by atoms with van der Waals surface area (Å²) in [6.45, 7) is 3.42. The van der Waals surface area contributed by atoms with E-state index in [1.807, 2.05) is 20.8 Å². The van der Waals surface area contributed by atoms with E-state index in [0.29, 0.717) is 16.8 Å². The first-order valence-electron chi connectivity index (χ1n) is 8.61. The molecule has 0 saturated carbocycles. The molecule has 1 nitrogen and oxygen atoms in total. The fourth-order valence-electron chi connectivity index (χ4n) is 1.92. The topological polar surface area (TPSA) is 12.9 Å². The molecule has 0 aliphatic rings. The number of aryl methyl sites for hydroxylation is 2. The molecule has 1 heteroatoms. The summed E-state index contributed by atoms with van der Waals surface area (Å²) in [5.41, 5.74) is 3.27. The Morgan fingerprint density at radius 2 is 2.11 bits per heavy atom. The van der Waals surface area contributed by atoms with Crippen LogP contribution in [0.5, 0.6) is 0 Å². The highest BCUT2D eigenvalue weighted by Gasteiger charge is 2.04. The average Bonchev–Trinajstić information content (AvgIpc) is 2.46. The van der Waals surface area contributed by atoms with Gasteiger partial charge in [0, 0.05) is 18.6 Å². The first-order valence-corrected chi connectivity index (χ1v) is 6.11. The van der Waals surface area contributed by atoms with E-state index in [-0.39, 0.29) is 5.92 Å². The highest BCUT2D eigenvalue weighted by Crippen LogP contribution is 2.22. The van der Waals surface area contributed by atoms with Crippen LogP contribution in [0.1, 0.15) is 37.4 Å². The van der Waals surface area contributed by atoms with Crippen LogP contribution in [0.4, 0.5) is 0 Å². The highest BCUT2D eigenvalue weighted by atomic mass is 14.7. The number of hydrogen-bond donors (Lipinski definition) is 0.